The monoisotopic (exact) mass is 920 g/mol. The number of nitrogens with two attached hydrogens (primary N) is 1. The quantitative estimate of drug-likeness (QED) is 0.110. The van der Waals surface area contributed by atoms with Gasteiger partial charge in [0, 0.05) is 26.6 Å². The summed E-state index contributed by atoms with van der Waals surface area (Å²) >= 11 is 12.7. The summed E-state index contributed by atoms with van der Waals surface area (Å²) < 4.78 is 17.1. The molecular formula is C32H32Br4N2O10. The fourth-order valence-electron chi connectivity index (χ4n) is 3.59. The SMILES string of the molecule is CC(C)OCC(C)(C)N.CCNC(=O)c1cc(C(=O)Oc2c(Br)cc(Br)cc2C(=O)O)cc(C(=O)Oc2c(Br)cc(Br)cc2C(=O)O)c1. The van der Waals surface area contributed by atoms with Crippen molar-refractivity contribution in [3.05, 3.63) is 88.2 Å². The van der Waals surface area contributed by atoms with E-state index in [2.05, 4.69) is 69.0 Å². The van der Waals surface area contributed by atoms with Crippen LogP contribution in [0.4, 0.5) is 0 Å². The molecule has 0 atom stereocenters. The Labute approximate surface area is 310 Å². The zero-order valence-electron chi connectivity index (χ0n) is 26.3. The Morgan fingerprint density at radius 2 is 1.15 bits per heavy atom. The summed E-state index contributed by atoms with van der Waals surface area (Å²) in [5, 5.41) is 21.6. The minimum atomic E-state index is -1.37. The zero-order valence-corrected chi connectivity index (χ0v) is 32.6. The van der Waals surface area contributed by atoms with Crippen LogP contribution >= 0.6 is 63.7 Å². The molecule has 0 fully saturated rings. The van der Waals surface area contributed by atoms with E-state index >= 15 is 0 Å². The van der Waals surface area contributed by atoms with Gasteiger partial charge in [-0.2, -0.15) is 0 Å². The van der Waals surface area contributed by atoms with Crippen molar-refractivity contribution in [1.82, 2.24) is 5.32 Å². The van der Waals surface area contributed by atoms with Gasteiger partial charge in [0.25, 0.3) is 5.91 Å². The molecule has 3 aromatic rings. The second kappa shape index (κ2) is 18.0. The highest BCUT2D eigenvalue weighted by Gasteiger charge is 2.25. The number of rotatable bonds is 11. The summed E-state index contributed by atoms with van der Waals surface area (Å²) in [6.07, 6.45) is 0.285. The molecule has 0 saturated heterocycles. The van der Waals surface area contributed by atoms with Crippen LogP contribution in [0.1, 0.15) is 86.4 Å². The molecule has 0 radical (unpaired) electrons. The largest absolute Gasteiger partial charge is 0.478 e. The number of halogens is 4. The van der Waals surface area contributed by atoms with Crippen molar-refractivity contribution in [2.24, 2.45) is 5.73 Å². The number of carboxylic acids is 2. The van der Waals surface area contributed by atoms with Crippen LogP contribution in [0.3, 0.4) is 0 Å². The Hall–Kier alpha value is -3.15. The van der Waals surface area contributed by atoms with E-state index in [9.17, 15) is 34.2 Å². The number of hydrogen-bond donors (Lipinski definition) is 4. The lowest BCUT2D eigenvalue weighted by molar-refractivity contribution is 0.0496. The molecule has 16 heteroatoms. The zero-order chi connectivity index (χ0) is 36.5. The van der Waals surface area contributed by atoms with Crippen LogP contribution in [0.15, 0.2) is 60.4 Å². The summed E-state index contributed by atoms with van der Waals surface area (Å²) in [6.45, 7) is 10.5. The topological polar surface area (TPSA) is 192 Å². The van der Waals surface area contributed by atoms with Crippen molar-refractivity contribution in [2.45, 2.75) is 46.3 Å². The Morgan fingerprint density at radius 1 is 0.750 bits per heavy atom. The maximum atomic E-state index is 13.1. The van der Waals surface area contributed by atoms with E-state index in [-0.39, 0.29) is 66.4 Å². The number of nitrogens with one attached hydrogen (secondary N) is 1. The second-order valence-electron chi connectivity index (χ2n) is 10.9. The molecule has 0 aromatic heterocycles. The predicted molar refractivity (Wildman–Crippen MR) is 191 cm³/mol. The molecule has 0 saturated carbocycles. The number of carboxylic acid groups (broad SMARTS) is 2. The molecule has 3 aromatic carbocycles. The molecule has 0 aliphatic rings. The van der Waals surface area contributed by atoms with Crippen molar-refractivity contribution in [1.29, 1.82) is 0 Å². The summed E-state index contributed by atoms with van der Waals surface area (Å²) in [4.78, 5) is 62.2. The average molecular weight is 924 g/mol. The summed E-state index contributed by atoms with van der Waals surface area (Å²) in [7, 11) is 0. The molecule has 5 N–H and O–H groups in total. The van der Waals surface area contributed by atoms with Crippen LogP contribution in [-0.2, 0) is 4.74 Å². The van der Waals surface area contributed by atoms with Gasteiger partial charge in [-0.1, -0.05) is 31.9 Å². The third kappa shape index (κ3) is 12.4. The number of carbonyl (C=O) groups is 5. The van der Waals surface area contributed by atoms with Crippen molar-refractivity contribution < 1.29 is 48.4 Å². The van der Waals surface area contributed by atoms with Crippen LogP contribution in [0, 0.1) is 0 Å². The maximum absolute atomic E-state index is 13.1. The van der Waals surface area contributed by atoms with Gasteiger partial charge in [0.2, 0.25) is 0 Å². The highest BCUT2D eigenvalue weighted by molar-refractivity contribution is 9.11. The number of hydrogen-bond acceptors (Lipinski definition) is 9. The standard InChI is InChI=1S/C25H15Br4NO9.C7H17NO/c1-2-30-21(31)10-3-11(24(36)38-19-15(22(32)33)6-13(26)8-17(19)28)5-12(4-10)25(37)39-20-16(23(34)35)7-14(27)9-18(20)29;1-6(2)9-5-7(3,4)8/h3-9H,2H2,1H3,(H,30,31)(H,32,33)(H,34,35);6H,5,8H2,1-4H3. The number of esters is 2. The van der Waals surface area contributed by atoms with Crippen LogP contribution < -0.4 is 20.5 Å². The van der Waals surface area contributed by atoms with E-state index in [4.69, 9.17) is 19.9 Å². The number of ether oxygens (including phenoxy) is 3. The van der Waals surface area contributed by atoms with E-state index in [1.54, 1.807) is 6.92 Å². The minimum absolute atomic E-state index is 0.0973. The maximum Gasteiger partial charge on any atom is 0.343 e. The van der Waals surface area contributed by atoms with Crippen LogP contribution in [0.25, 0.3) is 0 Å². The number of amides is 1. The molecule has 3 rings (SSSR count). The average Bonchev–Trinajstić information content (AvgIpc) is 2.98. The molecule has 48 heavy (non-hydrogen) atoms. The lowest BCUT2D eigenvalue weighted by Gasteiger charge is -2.19. The van der Waals surface area contributed by atoms with Crippen molar-refractivity contribution in [3.63, 3.8) is 0 Å². The fraction of sp³-hybridized carbons (Fsp3) is 0.281. The smallest absolute Gasteiger partial charge is 0.343 e. The summed E-state index contributed by atoms with van der Waals surface area (Å²) in [6, 6.07) is 8.82. The van der Waals surface area contributed by atoms with Crippen LogP contribution in [0.5, 0.6) is 11.5 Å². The van der Waals surface area contributed by atoms with Gasteiger partial charge in [-0.3, -0.25) is 4.79 Å². The Balaban J connectivity index is 0.000000778. The van der Waals surface area contributed by atoms with E-state index in [1.165, 1.54) is 24.3 Å². The lowest BCUT2D eigenvalue weighted by Crippen LogP contribution is -2.38. The normalized spacial score (nSPS) is 10.9. The Kier molecular flexibility index (Phi) is 15.4. The van der Waals surface area contributed by atoms with Gasteiger partial charge in [0.15, 0.2) is 11.5 Å². The Morgan fingerprint density at radius 3 is 1.46 bits per heavy atom. The summed E-state index contributed by atoms with van der Waals surface area (Å²) in [5.41, 5.74) is 4.17. The first-order chi connectivity index (χ1) is 22.2. The van der Waals surface area contributed by atoms with Crippen LogP contribution in [0.2, 0.25) is 0 Å². The van der Waals surface area contributed by atoms with Gasteiger partial charge < -0.3 is 35.5 Å². The molecule has 0 spiro atoms. The van der Waals surface area contributed by atoms with Crippen molar-refractivity contribution in [3.8, 4) is 11.5 Å². The molecule has 258 valence electrons. The first-order valence-electron chi connectivity index (χ1n) is 14.0. The molecular weight excluding hydrogens is 892 g/mol. The number of carbonyl (C=O) groups excluding carboxylic acids is 3. The van der Waals surface area contributed by atoms with Gasteiger partial charge in [-0.15, -0.1) is 0 Å². The number of benzene rings is 3. The van der Waals surface area contributed by atoms with E-state index < -0.39 is 29.8 Å². The fourth-order valence-corrected chi connectivity index (χ4v) is 6.20. The van der Waals surface area contributed by atoms with Crippen LogP contribution in [-0.4, -0.2) is 64.8 Å². The van der Waals surface area contributed by atoms with Crippen molar-refractivity contribution >= 4 is 93.5 Å². The van der Waals surface area contributed by atoms with Gasteiger partial charge >= 0.3 is 23.9 Å². The van der Waals surface area contributed by atoms with Gasteiger partial charge in [0.1, 0.15) is 11.1 Å². The molecule has 0 aliphatic heterocycles. The van der Waals surface area contributed by atoms with Gasteiger partial charge in [-0.05, 0) is 109 Å². The van der Waals surface area contributed by atoms with E-state index in [0.717, 1.165) is 18.2 Å². The van der Waals surface area contributed by atoms with Gasteiger partial charge in [0.05, 0.1) is 32.8 Å². The molecule has 1 amide bonds. The number of aromatic carboxylic acids is 2. The molecule has 12 nitrogen and oxygen atoms in total. The predicted octanol–water partition coefficient (Wildman–Crippen LogP) is 7.47. The van der Waals surface area contributed by atoms with Gasteiger partial charge in [-0.25, -0.2) is 19.2 Å². The second-order valence-corrected chi connectivity index (χ2v) is 14.5. The molecule has 0 bridgehead atoms. The third-order valence-corrected chi connectivity index (χ3v) is 7.75. The first kappa shape index (κ1) is 41.0. The minimum Gasteiger partial charge on any atom is -0.478 e. The van der Waals surface area contributed by atoms with E-state index in [1.807, 2.05) is 27.7 Å². The van der Waals surface area contributed by atoms with E-state index in [0.29, 0.717) is 15.6 Å². The molecule has 0 unspecified atom stereocenters. The Bertz CT molecular complexity index is 1620. The molecule has 0 aliphatic carbocycles. The lowest BCUT2D eigenvalue weighted by atomic mass is 10.0. The highest BCUT2D eigenvalue weighted by atomic mass is 79.9. The molecule has 0 heterocycles. The van der Waals surface area contributed by atoms with Crippen molar-refractivity contribution in [2.75, 3.05) is 13.2 Å². The summed E-state index contributed by atoms with van der Waals surface area (Å²) in [5.74, 6) is -6.09. The first-order valence-corrected chi connectivity index (χ1v) is 17.1. The highest BCUT2D eigenvalue weighted by Crippen LogP contribution is 2.35. The third-order valence-electron chi connectivity index (χ3n) is 5.66.